The number of benzene rings is 1. The van der Waals surface area contributed by atoms with Crippen molar-refractivity contribution in [1.82, 2.24) is 5.32 Å². The zero-order chi connectivity index (χ0) is 11.1. The van der Waals surface area contributed by atoms with Gasteiger partial charge in [0.2, 0.25) is 0 Å². The molecule has 0 aromatic heterocycles. The molecule has 1 fully saturated rings. The molecule has 0 aliphatic carbocycles. The van der Waals surface area contributed by atoms with Gasteiger partial charge in [0.15, 0.2) is 0 Å². The number of nitrogens with one attached hydrogen (secondary N) is 1. The molecule has 1 saturated heterocycles. The van der Waals surface area contributed by atoms with Gasteiger partial charge in [0.1, 0.15) is 5.82 Å². The summed E-state index contributed by atoms with van der Waals surface area (Å²) in [5.41, 5.74) is -1.13. The maximum absolute atomic E-state index is 13.3. The first kappa shape index (κ1) is 13.3. The first-order chi connectivity index (χ1) is 7.00. The summed E-state index contributed by atoms with van der Waals surface area (Å²) in [6.45, 7) is 0.635. The van der Waals surface area contributed by atoms with Crippen molar-refractivity contribution in [2.75, 3.05) is 6.54 Å². The van der Waals surface area contributed by atoms with E-state index in [2.05, 4.69) is 5.32 Å². The van der Waals surface area contributed by atoms with Gasteiger partial charge in [0.25, 0.3) is 0 Å². The lowest BCUT2D eigenvalue weighted by molar-refractivity contribution is -0.138. The third-order valence-electron chi connectivity index (χ3n) is 2.53. The average molecular weight is 256 g/mol. The molecule has 1 N–H and O–H groups in total. The second-order valence-corrected chi connectivity index (χ2v) is 3.49. The molecule has 16 heavy (non-hydrogen) atoms. The lowest BCUT2D eigenvalue weighted by Crippen LogP contribution is -2.37. The molecule has 90 valence electrons. The molecule has 2 rings (SSSR count). The fraction of sp³-hybridized carbons (Fsp3) is 0.400. The third kappa shape index (κ3) is 2.30. The van der Waals surface area contributed by atoms with Gasteiger partial charge in [-0.25, -0.2) is 4.39 Å². The average Bonchev–Trinajstić information content (AvgIpc) is 2.03. The summed E-state index contributed by atoms with van der Waals surface area (Å²) < 4.78 is 51.0. The Morgan fingerprint density at radius 1 is 1.25 bits per heavy atom. The van der Waals surface area contributed by atoms with Crippen LogP contribution in [0.5, 0.6) is 0 Å². The molecular weight excluding hydrogens is 246 g/mol. The largest absolute Gasteiger partial charge is 0.416 e. The molecule has 0 bridgehead atoms. The van der Waals surface area contributed by atoms with Gasteiger partial charge in [-0.1, -0.05) is 6.07 Å². The Hall–Kier alpha value is -0.810. The molecule has 0 amide bonds. The van der Waals surface area contributed by atoms with E-state index in [-0.39, 0.29) is 18.0 Å². The molecule has 1 aliphatic rings. The minimum absolute atomic E-state index is 0. The minimum atomic E-state index is -4.49. The number of hydrogen-bond donors (Lipinski definition) is 1. The highest BCUT2D eigenvalue weighted by Gasteiger charge is 2.37. The molecule has 1 heterocycles. The van der Waals surface area contributed by atoms with Crippen molar-refractivity contribution in [2.45, 2.75) is 18.6 Å². The second-order valence-electron chi connectivity index (χ2n) is 3.49. The molecule has 0 unspecified atom stereocenters. The number of alkyl halides is 3. The van der Waals surface area contributed by atoms with Crippen molar-refractivity contribution in [2.24, 2.45) is 0 Å². The SMILES string of the molecule is Cl.Fc1cccc(C(F)(F)F)c1[C@H]1CCN1. The van der Waals surface area contributed by atoms with Gasteiger partial charge >= 0.3 is 6.18 Å². The Morgan fingerprint density at radius 2 is 1.88 bits per heavy atom. The molecule has 1 nitrogen and oxygen atoms in total. The van der Waals surface area contributed by atoms with Crippen molar-refractivity contribution >= 4 is 12.4 Å². The fourth-order valence-corrected chi connectivity index (χ4v) is 1.67. The van der Waals surface area contributed by atoms with Crippen LogP contribution in [0, 0.1) is 5.82 Å². The maximum Gasteiger partial charge on any atom is 0.416 e. The lowest BCUT2D eigenvalue weighted by atomic mass is 9.92. The second kappa shape index (κ2) is 4.59. The molecular formula is C10H10ClF4N. The molecule has 1 aromatic carbocycles. The van der Waals surface area contributed by atoms with Crippen molar-refractivity contribution in [3.05, 3.63) is 35.1 Å². The highest BCUT2D eigenvalue weighted by Crippen LogP contribution is 2.38. The van der Waals surface area contributed by atoms with Gasteiger partial charge in [-0.3, -0.25) is 0 Å². The van der Waals surface area contributed by atoms with E-state index in [0.29, 0.717) is 13.0 Å². The Balaban J connectivity index is 0.00000128. The van der Waals surface area contributed by atoms with Crippen LogP contribution in [0.1, 0.15) is 23.6 Å². The van der Waals surface area contributed by atoms with Crippen LogP contribution < -0.4 is 5.32 Å². The predicted octanol–water partition coefficient (Wildman–Crippen LogP) is 3.30. The molecule has 0 saturated carbocycles. The number of rotatable bonds is 1. The van der Waals surface area contributed by atoms with Gasteiger partial charge in [-0.15, -0.1) is 12.4 Å². The van der Waals surface area contributed by atoms with Crippen LogP contribution in [0.3, 0.4) is 0 Å². The number of halogens is 5. The highest BCUT2D eigenvalue weighted by atomic mass is 35.5. The van der Waals surface area contributed by atoms with Gasteiger partial charge in [0, 0.05) is 11.6 Å². The first-order valence-electron chi connectivity index (χ1n) is 4.59. The van der Waals surface area contributed by atoms with Crippen LogP contribution in [0.15, 0.2) is 18.2 Å². The summed E-state index contributed by atoms with van der Waals surface area (Å²) in [4.78, 5) is 0. The van der Waals surface area contributed by atoms with E-state index in [1.165, 1.54) is 0 Å². The van der Waals surface area contributed by atoms with Crippen LogP contribution in [0.25, 0.3) is 0 Å². The number of hydrogen-bond acceptors (Lipinski definition) is 1. The Labute approximate surface area is 96.3 Å². The Bertz CT molecular complexity index is 374. The van der Waals surface area contributed by atoms with Crippen molar-refractivity contribution in [3.8, 4) is 0 Å². The molecule has 1 aliphatic heterocycles. The van der Waals surface area contributed by atoms with Crippen LogP contribution in [-0.2, 0) is 6.18 Å². The fourth-order valence-electron chi connectivity index (χ4n) is 1.67. The molecule has 0 spiro atoms. The van der Waals surface area contributed by atoms with Gasteiger partial charge < -0.3 is 5.32 Å². The van der Waals surface area contributed by atoms with Crippen molar-refractivity contribution in [3.63, 3.8) is 0 Å². The summed E-state index contributed by atoms with van der Waals surface area (Å²) in [7, 11) is 0. The van der Waals surface area contributed by atoms with E-state index in [0.717, 1.165) is 18.2 Å². The zero-order valence-electron chi connectivity index (χ0n) is 8.14. The summed E-state index contributed by atoms with van der Waals surface area (Å²) in [6.07, 6.45) is -3.95. The van der Waals surface area contributed by atoms with E-state index in [1.54, 1.807) is 0 Å². The predicted molar refractivity (Wildman–Crippen MR) is 54.0 cm³/mol. The van der Waals surface area contributed by atoms with E-state index < -0.39 is 23.6 Å². The normalized spacial score (nSPS) is 19.9. The Morgan fingerprint density at radius 3 is 2.31 bits per heavy atom. The van der Waals surface area contributed by atoms with E-state index in [1.807, 2.05) is 0 Å². The monoisotopic (exact) mass is 255 g/mol. The summed E-state index contributed by atoms with van der Waals surface area (Å²) >= 11 is 0. The van der Waals surface area contributed by atoms with Crippen LogP contribution in [0.4, 0.5) is 17.6 Å². The summed E-state index contributed by atoms with van der Waals surface area (Å²) in [6, 6.07) is 2.56. The summed E-state index contributed by atoms with van der Waals surface area (Å²) in [5, 5.41) is 2.78. The molecule has 6 heteroatoms. The lowest BCUT2D eigenvalue weighted by Gasteiger charge is -2.30. The maximum atomic E-state index is 13.3. The first-order valence-corrected chi connectivity index (χ1v) is 4.59. The standard InChI is InChI=1S/C10H9F4N.ClH/c11-7-3-1-2-6(10(12,13)14)9(7)8-4-5-15-8;/h1-3,8,15H,4-5H2;1H/t8-;/m1./s1. The van der Waals surface area contributed by atoms with E-state index in [4.69, 9.17) is 0 Å². The summed E-state index contributed by atoms with van der Waals surface area (Å²) in [5.74, 6) is -0.790. The van der Waals surface area contributed by atoms with E-state index >= 15 is 0 Å². The van der Waals surface area contributed by atoms with Crippen molar-refractivity contribution < 1.29 is 17.6 Å². The van der Waals surface area contributed by atoms with Crippen LogP contribution in [0.2, 0.25) is 0 Å². The highest BCUT2D eigenvalue weighted by molar-refractivity contribution is 5.85. The van der Waals surface area contributed by atoms with Gasteiger partial charge in [-0.05, 0) is 25.1 Å². The third-order valence-corrected chi connectivity index (χ3v) is 2.53. The molecule has 1 aromatic rings. The zero-order valence-corrected chi connectivity index (χ0v) is 8.96. The topological polar surface area (TPSA) is 12.0 Å². The van der Waals surface area contributed by atoms with Gasteiger partial charge in [0.05, 0.1) is 5.56 Å². The Kier molecular flexibility index (Phi) is 3.80. The van der Waals surface area contributed by atoms with E-state index in [9.17, 15) is 17.6 Å². The van der Waals surface area contributed by atoms with Crippen LogP contribution in [-0.4, -0.2) is 6.54 Å². The minimum Gasteiger partial charge on any atom is -0.310 e. The van der Waals surface area contributed by atoms with Crippen molar-refractivity contribution in [1.29, 1.82) is 0 Å². The molecule has 1 atom stereocenters. The smallest absolute Gasteiger partial charge is 0.310 e. The van der Waals surface area contributed by atoms with Crippen LogP contribution >= 0.6 is 12.4 Å². The molecule has 0 radical (unpaired) electrons. The van der Waals surface area contributed by atoms with Gasteiger partial charge in [-0.2, -0.15) is 13.2 Å². The quantitative estimate of drug-likeness (QED) is 0.760.